The smallest absolute Gasteiger partial charge is 0.254 e. The van der Waals surface area contributed by atoms with Crippen LogP contribution in [0.2, 0.25) is 0 Å². The first-order chi connectivity index (χ1) is 14.2. The van der Waals surface area contributed by atoms with E-state index < -0.39 is 0 Å². The molecular formula is C22H18N4OS2. The molecule has 0 aliphatic rings. The summed E-state index contributed by atoms with van der Waals surface area (Å²) in [7, 11) is 0. The molecule has 4 rings (SSSR count). The van der Waals surface area contributed by atoms with E-state index in [1.54, 1.807) is 30.7 Å². The molecule has 0 fully saturated rings. The zero-order valence-electron chi connectivity index (χ0n) is 15.6. The third kappa shape index (κ3) is 4.70. The highest BCUT2D eigenvalue weighted by molar-refractivity contribution is 7.99. The lowest BCUT2D eigenvalue weighted by Crippen LogP contribution is -2.27. The van der Waals surface area contributed by atoms with Crippen molar-refractivity contribution in [2.75, 3.05) is 0 Å². The normalized spacial score (nSPS) is 11.8. The van der Waals surface area contributed by atoms with Gasteiger partial charge in [-0.2, -0.15) is 0 Å². The van der Waals surface area contributed by atoms with Gasteiger partial charge in [-0.05, 0) is 43.3 Å². The molecule has 1 unspecified atom stereocenters. The van der Waals surface area contributed by atoms with E-state index in [1.165, 1.54) is 23.1 Å². The number of rotatable bonds is 6. The Hall–Kier alpha value is -3.03. The van der Waals surface area contributed by atoms with Gasteiger partial charge in [-0.1, -0.05) is 30.0 Å². The third-order valence-electron chi connectivity index (χ3n) is 4.19. The quantitative estimate of drug-likeness (QED) is 0.464. The maximum absolute atomic E-state index is 12.9. The number of carbonyl (C=O) groups is 1. The summed E-state index contributed by atoms with van der Waals surface area (Å²) in [4.78, 5) is 27.1. The minimum atomic E-state index is -0.210. The van der Waals surface area contributed by atoms with Crippen molar-refractivity contribution in [1.29, 1.82) is 0 Å². The van der Waals surface area contributed by atoms with Gasteiger partial charge in [-0.15, -0.1) is 11.3 Å². The number of amides is 1. The Balaban J connectivity index is 1.49. The van der Waals surface area contributed by atoms with Gasteiger partial charge in [0, 0.05) is 34.4 Å². The van der Waals surface area contributed by atoms with Gasteiger partial charge in [-0.3, -0.25) is 9.78 Å². The van der Waals surface area contributed by atoms with Crippen molar-refractivity contribution in [1.82, 2.24) is 20.3 Å². The molecule has 0 bridgehead atoms. The summed E-state index contributed by atoms with van der Waals surface area (Å²) in [5, 5.41) is 6.57. The second-order valence-corrected chi connectivity index (χ2v) is 8.23. The lowest BCUT2D eigenvalue weighted by molar-refractivity contribution is 0.0936. The summed E-state index contributed by atoms with van der Waals surface area (Å²) in [5.41, 5.74) is 2.45. The Morgan fingerprint density at radius 1 is 1.03 bits per heavy atom. The van der Waals surface area contributed by atoms with E-state index in [0.717, 1.165) is 21.2 Å². The van der Waals surface area contributed by atoms with E-state index in [0.29, 0.717) is 10.6 Å². The lowest BCUT2D eigenvalue weighted by atomic mass is 10.2. The minimum Gasteiger partial charge on any atom is -0.343 e. The number of hydrogen-bond acceptors (Lipinski definition) is 6. The lowest BCUT2D eigenvalue weighted by Gasteiger charge is -2.13. The van der Waals surface area contributed by atoms with Gasteiger partial charge in [0.25, 0.3) is 5.91 Å². The minimum absolute atomic E-state index is 0.162. The SMILES string of the molecule is CC(NC(=O)c1cccnc1Sc1ccccc1)c1nc(-c2ccncc2)cs1. The first kappa shape index (κ1) is 19.3. The zero-order chi connectivity index (χ0) is 20.1. The Labute approximate surface area is 177 Å². The number of nitrogens with one attached hydrogen (secondary N) is 1. The summed E-state index contributed by atoms with van der Waals surface area (Å²) in [6.45, 7) is 1.94. The van der Waals surface area contributed by atoms with Gasteiger partial charge >= 0.3 is 0 Å². The first-order valence-electron chi connectivity index (χ1n) is 9.05. The largest absolute Gasteiger partial charge is 0.343 e. The number of nitrogens with zero attached hydrogens (tertiary/aromatic N) is 3. The fraction of sp³-hybridized carbons (Fsp3) is 0.0909. The van der Waals surface area contributed by atoms with Crippen molar-refractivity contribution in [3.05, 3.63) is 89.1 Å². The molecule has 1 atom stereocenters. The Bertz CT molecular complexity index is 1100. The first-order valence-corrected chi connectivity index (χ1v) is 10.7. The average molecular weight is 419 g/mol. The van der Waals surface area contributed by atoms with Crippen LogP contribution >= 0.6 is 23.1 Å². The van der Waals surface area contributed by atoms with Crippen LogP contribution < -0.4 is 5.32 Å². The maximum atomic E-state index is 12.9. The van der Waals surface area contributed by atoms with Gasteiger partial charge in [0.1, 0.15) is 10.0 Å². The van der Waals surface area contributed by atoms with E-state index >= 15 is 0 Å². The standard InChI is InChI=1S/C22H18N4OS2/c1-15(21-26-19(14-28-21)16-9-12-23-13-10-16)25-20(27)18-8-5-11-24-22(18)29-17-6-3-2-4-7-17/h2-15H,1H3,(H,25,27). The maximum Gasteiger partial charge on any atom is 0.254 e. The summed E-state index contributed by atoms with van der Waals surface area (Å²) >= 11 is 3.01. The molecule has 0 aliphatic heterocycles. The summed E-state index contributed by atoms with van der Waals surface area (Å²) in [5.74, 6) is -0.162. The van der Waals surface area contributed by atoms with Crippen molar-refractivity contribution in [2.45, 2.75) is 22.9 Å². The van der Waals surface area contributed by atoms with Gasteiger partial charge in [0.05, 0.1) is 17.3 Å². The predicted molar refractivity (Wildman–Crippen MR) is 116 cm³/mol. The second-order valence-electron chi connectivity index (χ2n) is 6.27. The van der Waals surface area contributed by atoms with E-state index in [1.807, 2.05) is 54.8 Å². The van der Waals surface area contributed by atoms with Crippen LogP contribution in [-0.2, 0) is 0 Å². The molecule has 1 amide bonds. The number of pyridine rings is 2. The van der Waals surface area contributed by atoms with Crippen LogP contribution in [0, 0.1) is 0 Å². The molecule has 144 valence electrons. The monoisotopic (exact) mass is 418 g/mol. The van der Waals surface area contributed by atoms with Crippen LogP contribution in [0.3, 0.4) is 0 Å². The van der Waals surface area contributed by atoms with E-state index in [-0.39, 0.29) is 11.9 Å². The highest BCUT2D eigenvalue weighted by Gasteiger charge is 2.18. The van der Waals surface area contributed by atoms with Crippen molar-refractivity contribution in [2.24, 2.45) is 0 Å². The Morgan fingerprint density at radius 3 is 2.62 bits per heavy atom. The van der Waals surface area contributed by atoms with Crippen molar-refractivity contribution in [3.8, 4) is 11.3 Å². The second kappa shape index (κ2) is 8.98. The van der Waals surface area contributed by atoms with Gasteiger partial charge < -0.3 is 5.32 Å². The van der Waals surface area contributed by atoms with Crippen molar-refractivity contribution < 1.29 is 4.79 Å². The predicted octanol–water partition coefficient (Wildman–Crippen LogP) is 5.24. The summed E-state index contributed by atoms with van der Waals surface area (Å²) < 4.78 is 0. The molecule has 5 nitrogen and oxygen atoms in total. The molecule has 4 aromatic rings. The molecular weight excluding hydrogens is 400 g/mol. The van der Waals surface area contributed by atoms with Gasteiger partial charge in [0.2, 0.25) is 0 Å². The molecule has 0 aliphatic carbocycles. The molecule has 0 saturated heterocycles. The number of benzene rings is 1. The number of carbonyl (C=O) groups excluding carboxylic acids is 1. The van der Waals surface area contributed by atoms with Gasteiger partial charge in [-0.25, -0.2) is 9.97 Å². The van der Waals surface area contributed by atoms with E-state index in [2.05, 4.69) is 20.3 Å². The molecule has 29 heavy (non-hydrogen) atoms. The molecule has 1 aromatic carbocycles. The fourth-order valence-electron chi connectivity index (χ4n) is 2.72. The fourth-order valence-corrected chi connectivity index (χ4v) is 4.46. The Kier molecular flexibility index (Phi) is 5.97. The zero-order valence-corrected chi connectivity index (χ0v) is 17.3. The molecule has 3 heterocycles. The van der Waals surface area contributed by atoms with E-state index in [9.17, 15) is 4.79 Å². The highest BCUT2D eigenvalue weighted by atomic mass is 32.2. The average Bonchev–Trinajstić information content (AvgIpc) is 3.26. The summed E-state index contributed by atoms with van der Waals surface area (Å²) in [6, 6.07) is 17.1. The van der Waals surface area contributed by atoms with Crippen molar-refractivity contribution in [3.63, 3.8) is 0 Å². The highest BCUT2D eigenvalue weighted by Crippen LogP contribution is 2.29. The van der Waals surface area contributed by atoms with Crippen LogP contribution in [0.1, 0.15) is 28.3 Å². The van der Waals surface area contributed by atoms with Crippen molar-refractivity contribution >= 4 is 29.0 Å². The molecule has 7 heteroatoms. The van der Waals surface area contributed by atoms with Crippen LogP contribution in [0.15, 0.2) is 88.5 Å². The third-order valence-corrected chi connectivity index (χ3v) is 6.24. The van der Waals surface area contributed by atoms with E-state index in [4.69, 9.17) is 0 Å². The number of aromatic nitrogens is 3. The Morgan fingerprint density at radius 2 is 1.83 bits per heavy atom. The van der Waals surface area contributed by atoms with Crippen LogP contribution in [0.25, 0.3) is 11.3 Å². The molecule has 1 N–H and O–H groups in total. The molecule has 0 radical (unpaired) electrons. The summed E-state index contributed by atoms with van der Waals surface area (Å²) in [6.07, 6.45) is 5.19. The van der Waals surface area contributed by atoms with Crippen LogP contribution in [0.4, 0.5) is 0 Å². The molecule has 0 saturated carbocycles. The molecule has 0 spiro atoms. The number of thiazole rings is 1. The van der Waals surface area contributed by atoms with Crippen LogP contribution in [0.5, 0.6) is 0 Å². The molecule has 3 aromatic heterocycles. The topological polar surface area (TPSA) is 67.8 Å². The van der Waals surface area contributed by atoms with Gasteiger partial charge in [0.15, 0.2) is 0 Å². The van der Waals surface area contributed by atoms with Crippen LogP contribution in [-0.4, -0.2) is 20.9 Å². The number of hydrogen-bond donors (Lipinski definition) is 1.